The number of nitrogen functional groups attached to an aromatic ring is 1. The summed E-state index contributed by atoms with van der Waals surface area (Å²) in [5, 5.41) is 0. The molecule has 8 nitrogen and oxygen atoms in total. The maximum atomic E-state index is 6.65. The molecule has 1 unspecified atom stereocenters. The molecule has 2 bridgehead atoms. The summed E-state index contributed by atoms with van der Waals surface area (Å²) in [5.41, 5.74) is 6.41. The van der Waals surface area contributed by atoms with Crippen molar-refractivity contribution in [3.63, 3.8) is 0 Å². The van der Waals surface area contributed by atoms with Gasteiger partial charge >= 0.3 is 0 Å². The SMILES string of the molecule is CC(C)(C)C[C@@]12COC([C@H](n3cnc4c(N)ncnc43)O1)[C@H]2OC(C)(C)C. The first-order chi connectivity index (χ1) is 12.5. The molecular formula is C19H29N5O3. The molecule has 2 fully saturated rings. The van der Waals surface area contributed by atoms with Crippen molar-refractivity contribution in [2.24, 2.45) is 5.41 Å². The average molecular weight is 375 g/mol. The van der Waals surface area contributed by atoms with Gasteiger partial charge in [0, 0.05) is 0 Å². The molecule has 0 saturated carbocycles. The van der Waals surface area contributed by atoms with Crippen LogP contribution in [0.3, 0.4) is 0 Å². The van der Waals surface area contributed by atoms with E-state index in [0.717, 1.165) is 6.42 Å². The van der Waals surface area contributed by atoms with Gasteiger partial charge in [-0.2, -0.15) is 0 Å². The number of nitrogens with two attached hydrogens (primary N) is 1. The number of nitrogens with zero attached hydrogens (tertiary/aromatic N) is 4. The monoisotopic (exact) mass is 375 g/mol. The van der Waals surface area contributed by atoms with Crippen LogP contribution >= 0.6 is 0 Å². The molecule has 2 aliphatic heterocycles. The molecule has 2 aliphatic rings. The highest BCUT2D eigenvalue weighted by atomic mass is 16.7. The van der Waals surface area contributed by atoms with Gasteiger partial charge in [-0.25, -0.2) is 15.0 Å². The molecule has 0 radical (unpaired) electrons. The topological polar surface area (TPSA) is 97.3 Å². The minimum Gasteiger partial charge on any atom is -0.382 e. The molecule has 0 spiro atoms. The Kier molecular flexibility index (Phi) is 4.04. The molecule has 4 rings (SSSR count). The van der Waals surface area contributed by atoms with E-state index in [-0.39, 0.29) is 29.5 Å². The Morgan fingerprint density at radius 2 is 1.96 bits per heavy atom. The lowest BCUT2D eigenvalue weighted by Crippen LogP contribution is -2.47. The largest absolute Gasteiger partial charge is 0.382 e. The van der Waals surface area contributed by atoms with Gasteiger partial charge in [0.1, 0.15) is 29.7 Å². The van der Waals surface area contributed by atoms with Gasteiger partial charge in [-0.3, -0.25) is 4.57 Å². The third-order valence-electron chi connectivity index (χ3n) is 4.94. The van der Waals surface area contributed by atoms with Gasteiger partial charge < -0.3 is 19.9 Å². The predicted molar refractivity (Wildman–Crippen MR) is 101 cm³/mol. The highest BCUT2D eigenvalue weighted by molar-refractivity contribution is 5.81. The van der Waals surface area contributed by atoms with E-state index in [4.69, 9.17) is 19.9 Å². The summed E-state index contributed by atoms with van der Waals surface area (Å²) in [7, 11) is 0. The zero-order valence-electron chi connectivity index (χ0n) is 16.9. The molecule has 2 N–H and O–H groups in total. The van der Waals surface area contributed by atoms with Crippen LogP contribution in [0.15, 0.2) is 12.7 Å². The van der Waals surface area contributed by atoms with Crippen molar-refractivity contribution in [3.8, 4) is 0 Å². The summed E-state index contributed by atoms with van der Waals surface area (Å²) in [6.07, 6.45) is 3.20. The number of anilines is 1. The van der Waals surface area contributed by atoms with E-state index in [9.17, 15) is 0 Å². The van der Waals surface area contributed by atoms with Crippen molar-refractivity contribution < 1.29 is 14.2 Å². The molecule has 0 amide bonds. The van der Waals surface area contributed by atoms with E-state index in [1.54, 1.807) is 6.33 Å². The Morgan fingerprint density at radius 3 is 2.63 bits per heavy atom. The zero-order chi connectivity index (χ0) is 19.6. The maximum absolute atomic E-state index is 6.65. The third kappa shape index (κ3) is 3.19. The lowest BCUT2D eigenvalue weighted by atomic mass is 9.80. The quantitative estimate of drug-likeness (QED) is 0.881. The van der Waals surface area contributed by atoms with E-state index in [0.29, 0.717) is 23.6 Å². The molecular weight excluding hydrogens is 346 g/mol. The number of imidazole rings is 1. The van der Waals surface area contributed by atoms with Crippen molar-refractivity contribution in [1.82, 2.24) is 19.5 Å². The molecule has 2 aromatic rings. The molecule has 2 saturated heterocycles. The van der Waals surface area contributed by atoms with Gasteiger partial charge in [0.05, 0.1) is 18.5 Å². The lowest BCUT2D eigenvalue weighted by molar-refractivity contribution is -0.187. The van der Waals surface area contributed by atoms with Crippen LogP contribution in [0, 0.1) is 5.41 Å². The Hall–Kier alpha value is -1.77. The fourth-order valence-electron chi connectivity index (χ4n) is 4.26. The summed E-state index contributed by atoms with van der Waals surface area (Å²) in [4.78, 5) is 12.8. The van der Waals surface area contributed by atoms with Gasteiger partial charge in [-0.15, -0.1) is 0 Å². The summed E-state index contributed by atoms with van der Waals surface area (Å²) in [6, 6.07) is 0. The first-order valence-corrected chi connectivity index (χ1v) is 9.39. The van der Waals surface area contributed by atoms with Crippen molar-refractivity contribution in [1.29, 1.82) is 0 Å². The van der Waals surface area contributed by atoms with Gasteiger partial charge in [-0.05, 0) is 32.6 Å². The first kappa shape index (κ1) is 18.6. The van der Waals surface area contributed by atoms with Crippen molar-refractivity contribution in [2.75, 3.05) is 12.3 Å². The third-order valence-corrected chi connectivity index (χ3v) is 4.94. The number of ether oxygens (including phenoxy) is 3. The van der Waals surface area contributed by atoms with Crippen molar-refractivity contribution in [2.45, 2.75) is 77.6 Å². The van der Waals surface area contributed by atoms with Crippen LogP contribution in [0.4, 0.5) is 5.82 Å². The molecule has 2 aromatic heterocycles. The summed E-state index contributed by atoms with van der Waals surface area (Å²) in [6.45, 7) is 13.3. The summed E-state index contributed by atoms with van der Waals surface area (Å²) < 4.78 is 21.2. The van der Waals surface area contributed by atoms with Crippen LogP contribution in [-0.2, 0) is 14.2 Å². The molecule has 27 heavy (non-hydrogen) atoms. The normalized spacial score (nSPS) is 31.1. The van der Waals surface area contributed by atoms with E-state index < -0.39 is 5.60 Å². The molecule has 0 aliphatic carbocycles. The zero-order valence-corrected chi connectivity index (χ0v) is 16.9. The lowest BCUT2D eigenvalue weighted by Gasteiger charge is -2.38. The van der Waals surface area contributed by atoms with Crippen LogP contribution in [0.5, 0.6) is 0 Å². The Bertz CT molecular complexity index is 853. The molecule has 0 aromatic carbocycles. The second-order valence-corrected chi connectivity index (χ2v) is 9.82. The second-order valence-electron chi connectivity index (χ2n) is 9.82. The van der Waals surface area contributed by atoms with Crippen LogP contribution < -0.4 is 5.73 Å². The number of hydrogen-bond donors (Lipinski definition) is 1. The average Bonchev–Trinajstić information content (AvgIpc) is 3.15. The van der Waals surface area contributed by atoms with Crippen LogP contribution in [-0.4, -0.2) is 49.5 Å². The molecule has 4 atom stereocenters. The maximum Gasteiger partial charge on any atom is 0.167 e. The minimum atomic E-state index is -0.504. The fourth-order valence-corrected chi connectivity index (χ4v) is 4.26. The number of rotatable bonds is 3. The van der Waals surface area contributed by atoms with E-state index in [2.05, 4.69) is 56.5 Å². The summed E-state index contributed by atoms with van der Waals surface area (Å²) >= 11 is 0. The standard InChI is InChI=1S/C19H29N5O3/c1-17(2,3)7-19-8-25-12(13(19)26-18(4,5)6)16(27-19)24-10-23-11-14(20)21-9-22-15(11)24/h9-10,12-13,16H,7-8H2,1-6H3,(H2,20,21,22)/t12?,13-,16-,19+/m1/s1. The van der Waals surface area contributed by atoms with E-state index in [1.807, 2.05) is 4.57 Å². The second kappa shape index (κ2) is 5.86. The van der Waals surface area contributed by atoms with Crippen molar-refractivity contribution in [3.05, 3.63) is 12.7 Å². The summed E-state index contributed by atoms with van der Waals surface area (Å²) in [5.74, 6) is 0.356. The van der Waals surface area contributed by atoms with Gasteiger partial charge in [0.2, 0.25) is 0 Å². The predicted octanol–water partition coefficient (Wildman–Crippen LogP) is 2.69. The highest BCUT2D eigenvalue weighted by Gasteiger charge is 2.64. The molecule has 148 valence electrons. The van der Waals surface area contributed by atoms with Gasteiger partial charge in [0.25, 0.3) is 0 Å². The van der Waals surface area contributed by atoms with Crippen LogP contribution in [0.25, 0.3) is 11.2 Å². The molecule has 8 heteroatoms. The van der Waals surface area contributed by atoms with E-state index >= 15 is 0 Å². The van der Waals surface area contributed by atoms with Crippen LogP contribution in [0.2, 0.25) is 0 Å². The Labute approximate surface area is 159 Å². The van der Waals surface area contributed by atoms with Crippen molar-refractivity contribution >= 4 is 17.0 Å². The Balaban J connectivity index is 1.75. The number of hydrogen-bond acceptors (Lipinski definition) is 7. The van der Waals surface area contributed by atoms with Gasteiger partial charge in [0.15, 0.2) is 17.7 Å². The van der Waals surface area contributed by atoms with Gasteiger partial charge in [-0.1, -0.05) is 20.8 Å². The number of fused-ring (bicyclic) bond motifs is 3. The minimum absolute atomic E-state index is 0.0657. The highest BCUT2D eigenvalue weighted by Crippen LogP contribution is 2.52. The molecule has 4 heterocycles. The van der Waals surface area contributed by atoms with E-state index in [1.165, 1.54) is 6.33 Å². The smallest absolute Gasteiger partial charge is 0.167 e. The number of aromatic nitrogens is 4. The van der Waals surface area contributed by atoms with Crippen LogP contribution in [0.1, 0.15) is 54.2 Å². The first-order valence-electron chi connectivity index (χ1n) is 9.39. The Morgan fingerprint density at radius 1 is 1.22 bits per heavy atom. The fraction of sp³-hybridized carbons (Fsp3) is 0.737.